The van der Waals surface area contributed by atoms with Crippen LogP contribution in [0.4, 0.5) is 4.39 Å². The summed E-state index contributed by atoms with van der Waals surface area (Å²) in [4.78, 5) is 29.9. The zero-order chi connectivity index (χ0) is 29.8. The van der Waals surface area contributed by atoms with E-state index in [4.69, 9.17) is 19.7 Å². The van der Waals surface area contributed by atoms with Crippen molar-refractivity contribution in [3.8, 4) is 11.9 Å². The fraction of sp³-hybridized carbons (Fsp3) is 0.323. The van der Waals surface area contributed by atoms with E-state index >= 15 is 0 Å². The molecular weight excluding hydrogens is 569 g/mol. The van der Waals surface area contributed by atoms with Crippen molar-refractivity contribution in [3.63, 3.8) is 0 Å². The molecule has 0 spiro atoms. The highest BCUT2D eigenvalue weighted by Gasteiger charge is 2.25. The van der Waals surface area contributed by atoms with Crippen LogP contribution < -0.4 is 10.1 Å². The number of aromatic nitrogens is 4. The van der Waals surface area contributed by atoms with Gasteiger partial charge in [-0.2, -0.15) is 10.2 Å². The first-order valence-electron chi connectivity index (χ1n) is 14.0. The number of carbonyl (C=O) groups is 1. The summed E-state index contributed by atoms with van der Waals surface area (Å²) in [5.41, 5.74) is 2.89. The maximum atomic E-state index is 14.3. The topological polar surface area (TPSA) is 118 Å². The average molecular weight is 600 g/mol. The third-order valence-electron chi connectivity index (χ3n) is 7.69. The Morgan fingerprint density at radius 3 is 2.77 bits per heavy atom. The SMILES string of the molecule is COC(=O)c1ccc2nc(CN3CCC(c4nccc(OCc5ccc(C#N)cc5F)n4)CC3)n(CC3=CNCS3)c2c1. The Morgan fingerprint density at radius 2 is 2.02 bits per heavy atom. The number of hydrogen-bond acceptors (Lipinski definition) is 10. The van der Waals surface area contributed by atoms with Crippen LogP contribution in [0, 0.1) is 17.1 Å². The van der Waals surface area contributed by atoms with E-state index in [1.165, 1.54) is 18.1 Å². The van der Waals surface area contributed by atoms with Gasteiger partial charge in [-0.25, -0.2) is 19.2 Å². The minimum Gasteiger partial charge on any atom is -0.473 e. The summed E-state index contributed by atoms with van der Waals surface area (Å²) >= 11 is 1.76. The van der Waals surface area contributed by atoms with Crippen LogP contribution in [0.25, 0.3) is 11.0 Å². The van der Waals surface area contributed by atoms with Crippen molar-refractivity contribution in [3.05, 3.63) is 93.9 Å². The Balaban J connectivity index is 1.12. The highest BCUT2D eigenvalue weighted by Crippen LogP contribution is 2.30. The molecule has 0 bridgehead atoms. The molecule has 1 saturated heterocycles. The summed E-state index contributed by atoms with van der Waals surface area (Å²) in [6, 6.07) is 13.4. The molecule has 10 nitrogen and oxygen atoms in total. The number of thioether (sulfide) groups is 1. The second-order valence-electron chi connectivity index (χ2n) is 10.4. The van der Waals surface area contributed by atoms with E-state index in [-0.39, 0.29) is 24.1 Å². The zero-order valence-electron chi connectivity index (χ0n) is 23.6. The molecule has 0 unspecified atom stereocenters. The Kier molecular flexibility index (Phi) is 8.53. The lowest BCUT2D eigenvalue weighted by Crippen LogP contribution is -2.34. The predicted molar refractivity (Wildman–Crippen MR) is 159 cm³/mol. The van der Waals surface area contributed by atoms with Crippen molar-refractivity contribution >= 4 is 28.8 Å². The van der Waals surface area contributed by atoms with Crippen molar-refractivity contribution in [1.29, 1.82) is 5.26 Å². The van der Waals surface area contributed by atoms with Crippen LogP contribution in [0.1, 0.15) is 51.9 Å². The van der Waals surface area contributed by atoms with E-state index in [9.17, 15) is 9.18 Å². The first-order chi connectivity index (χ1) is 21.0. The fourth-order valence-corrected chi connectivity index (χ4v) is 6.10. The fourth-order valence-electron chi connectivity index (χ4n) is 5.36. The number of nitrogens with one attached hydrogen (secondary N) is 1. The van der Waals surface area contributed by atoms with E-state index in [0.717, 1.165) is 54.5 Å². The van der Waals surface area contributed by atoms with E-state index in [0.29, 0.717) is 30.1 Å². The number of halogens is 1. The van der Waals surface area contributed by atoms with Gasteiger partial charge in [-0.1, -0.05) is 6.07 Å². The first kappa shape index (κ1) is 28.6. The average Bonchev–Trinajstić information content (AvgIpc) is 3.68. The van der Waals surface area contributed by atoms with Crippen LogP contribution in [0.2, 0.25) is 0 Å². The first-order valence-corrected chi connectivity index (χ1v) is 15.0. The van der Waals surface area contributed by atoms with Gasteiger partial charge in [-0.3, -0.25) is 4.90 Å². The molecule has 0 aliphatic carbocycles. The zero-order valence-corrected chi connectivity index (χ0v) is 24.4. The molecule has 0 amide bonds. The number of piperidine rings is 1. The molecule has 2 aliphatic rings. The van der Waals surface area contributed by atoms with Gasteiger partial charge in [0.15, 0.2) is 0 Å². The number of esters is 1. The summed E-state index contributed by atoms with van der Waals surface area (Å²) in [5, 5.41) is 12.2. The molecule has 1 N–H and O–H groups in total. The summed E-state index contributed by atoms with van der Waals surface area (Å²) in [7, 11) is 1.39. The molecule has 6 rings (SSSR count). The number of carbonyl (C=O) groups excluding carboxylic acids is 1. The maximum absolute atomic E-state index is 14.3. The highest BCUT2D eigenvalue weighted by atomic mass is 32.2. The molecule has 0 radical (unpaired) electrons. The van der Waals surface area contributed by atoms with Crippen molar-refractivity contribution in [1.82, 2.24) is 29.7 Å². The number of imidazole rings is 1. The van der Waals surface area contributed by atoms with Gasteiger partial charge in [0.05, 0.1) is 54.3 Å². The molecule has 220 valence electrons. The van der Waals surface area contributed by atoms with Crippen LogP contribution in [0.5, 0.6) is 5.88 Å². The Morgan fingerprint density at radius 1 is 1.16 bits per heavy atom. The number of methoxy groups -OCH3 is 1. The number of rotatable bonds is 9. The summed E-state index contributed by atoms with van der Waals surface area (Å²) in [5.74, 6) is 2.24. The van der Waals surface area contributed by atoms with E-state index in [1.54, 1.807) is 42.2 Å². The molecule has 2 aromatic heterocycles. The maximum Gasteiger partial charge on any atom is 0.337 e. The van der Waals surface area contributed by atoms with Crippen LogP contribution in [0.3, 0.4) is 0 Å². The monoisotopic (exact) mass is 599 g/mol. The molecule has 2 aliphatic heterocycles. The minimum atomic E-state index is -0.478. The lowest BCUT2D eigenvalue weighted by molar-refractivity contribution is 0.0601. The van der Waals surface area contributed by atoms with Crippen molar-refractivity contribution in [2.45, 2.75) is 38.5 Å². The van der Waals surface area contributed by atoms with E-state index < -0.39 is 5.82 Å². The van der Waals surface area contributed by atoms with E-state index in [2.05, 4.69) is 24.8 Å². The second-order valence-corrected chi connectivity index (χ2v) is 11.5. The summed E-state index contributed by atoms with van der Waals surface area (Å²) in [6.07, 6.45) is 5.47. The van der Waals surface area contributed by atoms with Crippen molar-refractivity contribution in [2.24, 2.45) is 0 Å². The number of fused-ring (bicyclic) bond motifs is 1. The highest BCUT2D eigenvalue weighted by molar-refractivity contribution is 8.03. The second kappa shape index (κ2) is 12.8. The standard InChI is InChI=1S/C31H30FN7O3S/c1-41-31(40)22-4-5-26-27(13-22)39(16-24-15-34-19-43-24)28(36-26)17-38-10-7-21(8-11-38)30-35-9-6-29(37-30)42-18-23-3-2-20(14-33)12-25(23)32/h2-6,9,12-13,15,21,34H,7-8,10-11,16-19H2,1H3. The molecular formula is C31H30FN7O3S. The van der Waals surface area contributed by atoms with Gasteiger partial charge in [0.2, 0.25) is 5.88 Å². The Bertz CT molecular complexity index is 1730. The summed E-state index contributed by atoms with van der Waals surface area (Å²) < 4.78 is 27.2. The molecule has 12 heteroatoms. The van der Waals surface area contributed by atoms with Crippen LogP contribution in [-0.4, -0.2) is 56.5 Å². The van der Waals surface area contributed by atoms with E-state index in [1.807, 2.05) is 24.4 Å². The Hall–Kier alpha value is -4.47. The number of allylic oxidation sites excluding steroid dienone is 1. The number of ether oxygens (including phenoxy) is 2. The van der Waals surface area contributed by atoms with Crippen LogP contribution in [0.15, 0.2) is 59.8 Å². The van der Waals surface area contributed by atoms with Crippen LogP contribution >= 0.6 is 11.8 Å². The predicted octanol–water partition coefficient (Wildman–Crippen LogP) is 4.72. The third-order valence-corrected chi connectivity index (χ3v) is 8.62. The molecule has 0 atom stereocenters. The van der Waals surface area contributed by atoms with Gasteiger partial charge in [0.1, 0.15) is 24.1 Å². The number of hydrogen-bond donors (Lipinski definition) is 1. The van der Waals surface area contributed by atoms with Gasteiger partial charge in [0.25, 0.3) is 0 Å². The molecule has 0 saturated carbocycles. The van der Waals surface area contributed by atoms with Gasteiger partial charge in [-0.05, 0) is 56.3 Å². The molecule has 1 fully saturated rings. The number of likely N-dealkylation sites (tertiary alicyclic amines) is 1. The third kappa shape index (κ3) is 6.48. The van der Waals surface area contributed by atoms with Gasteiger partial charge in [-0.15, -0.1) is 11.8 Å². The lowest BCUT2D eigenvalue weighted by Gasteiger charge is -2.31. The lowest BCUT2D eigenvalue weighted by atomic mass is 9.96. The summed E-state index contributed by atoms with van der Waals surface area (Å²) in [6.45, 7) is 3.08. The van der Waals surface area contributed by atoms with Crippen molar-refractivity contribution in [2.75, 3.05) is 26.1 Å². The van der Waals surface area contributed by atoms with Crippen molar-refractivity contribution < 1.29 is 18.7 Å². The molecule has 4 aromatic rings. The number of benzene rings is 2. The quantitative estimate of drug-likeness (QED) is 0.271. The Labute approximate surface area is 252 Å². The smallest absolute Gasteiger partial charge is 0.337 e. The normalized spacial score (nSPS) is 15.6. The minimum absolute atomic E-state index is 0.0139. The molecule has 43 heavy (non-hydrogen) atoms. The van der Waals surface area contributed by atoms with Crippen LogP contribution in [-0.2, 0) is 24.4 Å². The molecule has 2 aromatic carbocycles. The van der Waals surface area contributed by atoms with Gasteiger partial charge < -0.3 is 19.4 Å². The number of nitrogens with zero attached hydrogens (tertiary/aromatic N) is 6. The van der Waals surface area contributed by atoms with Gasteiger partial charge in [0, 0.05) is 34.8 Å². The number of nitriles is 1. The molecule has 4 heterocycles. The largest absolute Gasteiger partial charge is 0.473 e. The van der Waals surface area contributed by atoms with Gasteiger partial charge >= 0.3 is 5.97 Å².